The quantitative estimate of drug-likeness (QED) is 0.435. The SMILES string of the molecule is CC(C)c1ccc(OCCCC(=O)Nc2nc(-c3ccc(Cl)cc3)cs2)cc1. The number of rotatable bonds is 8. The topological polar surface area (TPSA) is 51.2 Å². The third-order valence-electron chi connectivity index (χ3n) is 4.25. The van der Waals surface area contributed by atoms with Crippen LogP contribution in [0, 0.1) is 0 Å². The Morgan fingerprint density at radius 1 is 1.14 bits per heavy atom. The van der Waals surface area contributed by atoms with Gasteiger partial charge in [0.15, 0.2) is 5.13 Å². The molecule has 6 heteroatoms. The van der Waals surface area contributed by atoms with Crippen LogP contribution in [0.2, 0.25) is 5.02 Å². The van der Waals surface area contributed by atoms with Gasteiger partial charge < -0.3 is 10.1 Å². The summed E-state index contributed by atoms with van der Waals surface area (Å²) in [6.07, 6.45) is 1.03. The van der Waals surface area contributed by atoms with E-state index in [1.807, 2.05) is 41.8 Å². The normalized spacial score (nSPS) is 10.9. The van der Waals surface area contributed by atoms with Crippen LogP contribution in [-0.4, -0.2) is 17.5 Å². The van der Waals surface area contributed by atoms with Crippen LogP contribution in [0.1, 0.15) is 38.2 Å². The van der Waals surface area contributed by atoms with E-state index in [-0.39, 0.29) is 5.91 Å². The molecule has 0 unspecified atom stereocenters. The fraction of sp³-hybridized carbons (Fsp3) is 0.273. The lowest BCUT2D eigenvalue weighted by Gasteiger charge is -2.08. The van der Waals surface area contributed by atoms with Gasteiger partial charge in [0.25, 0.3) is 0 Å². The third-order valence-corrected chi connectivity index (χ3v) is 5.26. The lowest BCUT2D eigenvalue weighted by molar-refractivity contribution is -0.116. The summed E-state index contributed by atoms with van der Waals surface area (Å²) in [5.74, 6) is 1.27. The maximum atomic E-state index is 12.1. The highest BCUT2D eigenvalue weighted by Crippen LogP contribution is 2.26. The molecule has 0 fully saturated rings. The highest BCUT2D eigenvalue weighted by Gasteiger charge is 2.08. The van der Waals surface area contributed by atoms with Gasteiger partial charge in [0.2, 0.25) is 5.91 Å². The van der Waals surface area contributed by atoms with Crippen molar-refractivity contribution >= 4 is 34.0 Å². The summed E-state index contributed by atoms with van der Waals surface area (Å²) in [5, 5.41) is 6.05. The summed E-state index contributed by atoms with van der Waals surface area (Å²) in [6.45, 7) is 4.83. The molecule has 0 aliphatic carbocycles. The third kappa shape index (κ3) is 5.81. The summed E-state index contributed by atoms with van der Waals surface area (Å²) >= 11 is 7.32. The van der Waals surface area contributed by atoms with Gasteiger partial charge >= 0.3 is 0 Å². The summed E-state index contributed by atoms with van der Waals surface area (Å²) in [5.41, 5.74) is 3.08. The number of ether oxygens (including phenoxy) is 1. The molecular formula is C22H23ClN2O2S. The Labute approximate surface area is 174 Å². The number of carbonyl (C=O) groups is 1. The van der Waals surface area contributed by atoms with Crippen molar-refractivity contribution in [3.8, 4) is 17.0 Å². The van der Waals surface area contributed by atoms with Gasteiger partial charge in [-0.2, -0.15) is 0 Å². The number of halogens is 1. The number of hydrogen-bond acceptors (Lipinski definition) is 4. The van der Waals surface area contributed by atoms with E-state index in [1.54, 1.807) is 0 Å². The first-order chi connectivity index (χ1) is 13.5. The molecule has 3 rings (SSSR count). The summed E-state index contributed by atoms with van der Waals surface area (Å²) in [7, 11) is 0. The maximum absolute atomic E-state index is 12.1. The molecule has 0 saturated carbocycles. The summed E-state index contributed by atoms with van der Waals surface area (Å²) < 4.78 is 5.71. The number of thiazole rings is 1. The second kappa shape index (κ2) is 9.71. The molecule has 0 aliphatic heterocycles. The Balaban J connectivity index is 1.41. The van der Waals surface area contributed by atoms with Crippen LogP contribution in [0.25, 0.3) is 11.3 Å². The van der Waals surface area contributed by atoms with E-state index in [9.17, 15) is 4.79 Å². The van der Waals surface area contributed by atoms with E-state index in [0.717, 1.165) is 17.0 Å². The van der Waals surface area contributed by atoms with Gasteiger partial charge in [-0.15, -0.1) is 11.3 Å². The zero-order valence-electron chi connectivity index (χ0n) is 15.9. The minimum absolute atomic E-state index is 0.0595. The van der Waals surface area contributed by atoms with Crippen molar-refractivity contribution in [3.05, 3.63) is 64.5 Å². The van der Waals surface area contributed by atoms with Gasteiger partial charge in [0, 0.05) is 22.4 Å². The highest BCUT2D eigenvalue weighted by atomic mass is 35.5. The standard InChI is InChI=1S/C22H23ClN2O2S/c1-15(2)16-7-11-19(12-8-16)27-13-3-4-21(26)25-22-24-20(14-28-22)17-5-9-18(23)10-6-17/h5-12,14-15H,3-4,13H2,1-2H3,(H,24,25,26). The van der Waals surface area contributed by atoms with Crippen LogP contribution in [0.15, 0.2) is 53.9 Å². The van der Waals surface area contributed by atoms with Crippen molar-refractivity contribution in [1.82, 2.24) is 4.98 Å². The van der Waals surface area contributed by atoms with E-state index >= 15 is 0 Å². The van der Waals surface area contributed by atoms with Crippen LogP contribution in [0.5, 0.6) is 5.75 Å². The molecule has 146 valence electrons. The number of anilines is 1. The number of carbonyl (C=O) groups excluding carboxylic acids is 1. The Bertz CT molecular complexity index is 905. The molecule has 0 aliphatic rings. The zero-order chi connectivity index (χ0) is 19.9. The first-order valence-electron chi connectivity index (χ1n) is 9.25. The molecule has 1 aromatic heterocycles. The van der Waals surface area contributed by atoms with Crippen molar-refractivity contribution < 1.29 is 9.53 Å². The molecule has 1 amide bonds. The molecule has 0 atom stereocenters. The van der Waals surface area contributed by atoms with Crippen molar-refractivity contribution in [1.29, 1.82) is 0 Å². The molecule has 0 radical (unpaired) electrons. The van der Waals surface area contributed by atoms with E-state index in [2.05, 4.69) is 36.3 Å². The fourth-order valence-electron chi connectivity index (χ4n) is 2.64. The molecular weight excluding hydrogens is 392 g/mol. The van der Waals surface area contributed by atoms with Gasteiger partial charge in [0.1, 0.15) is 5.75 Å². The summed E-state index contributed by atoms with van der Waals surface area (Å²) in [4.78, 5) is 16.6. The number of amides is 1. The minimum Gasteiger partial charge on any atom is -0.494 e. The first-order valence-corrected chi connectivity index (χ1v) is 10.5. The molecule has 0 spiro atoms. The van der Waals surface area contributed by atoms with Crippen molar-refractivity contribution in [3.63, 3.8) is 0 Å². The average molecular weight is 415 g/mol. The van der Waals surface area contributed by atoms with Crippen molar-refractivity contribution in [2.75, 3.05) is 11.9 Å². The summed E-state index contributed by atoms with van der Waals surface area (Å²) in [6, 6.07) is 15.6. The number of benzene rings is 2. The molecule has 3 aromatic rings. The second-order valence-corrected chi connectivity index (χ2v) is 8.06. The Kier molecular flexibility index (Phi) is 7.06. The Morgan fingerprint density at radius 2 is 1.86 bits per heavy atom. The van der Waals surface area contributed by atoms with E-state index in [0.29, 0.717) is 35.5 Å². The Morgan fingerprint density at radius 3 is 2.54 bits per heavy atom. The number of nitrogens with one attached hydrogen (secondary N) is 1. The predicted octanol–water partition coefficient (Wildman–Crippen LogP) is 6.38. The average Bonchev–Trinajstić information content (AvgIpc) is 3.14. The molecule has 2 aromatic carbocycles. The van der Waals surface area contributed by atoms with Crippen LogP contribution in [0.3, 0.4) is 0 Å². The first kappa shape index (κ1) is 20.4. The molecule has 1 N–H and O–H groups in total. The molecule has 0 saturated heterocycles. The van der Waals surface area contributed by atoms with Crippen molar-refractivity contribution in [2.24, 2.45) is 0 Å². The molecule has 1 heterocycles. The number of hydrogen-bond donors (Lipinski definition) is 1. The van der Waals surface area contributed by atoms with Crippen molar-refractivity contribution in [2.45, 2.75) is 32.6 Å². The van der Waals surface area contributed by atoms with E-state index < -0.39 is 0 Å². The number of nitrogens with zero attached hydrogens (tertiary/aromatic N) is 1. The van der Waals surface area contributed by atoms with Crippen LogP contribution in [-0.2, 0) is 4.79 Å². The zero-order valence-corrected chi connectivity index (χ0v) is 17.5. The van der Waals surface area contributed by atoms with Crippen LogP contribution < -0.4 is 10.1 Å². The predicted molar refractivity (Wildman–Crippen MR) is 116 cm³/mol. The van der Waals surface area contributed by atoms with Gasteiger partial charge in [-0.05, 0) is 42.2 Å². The number of aromatic nitrogens is 1. The molecule has 4 nitrogen and oxygen atoms in total. The molecule has 0 bridgehead atoms. The van der Waals surface area contributed by atoms with Crippen LogP contribution in [0.4, 0.5) is 5.13 Å². The van der Waals surface area contributed by atoms with Gasteiger partial charge in [-0.3, -0.25) is 4.79 Å². The van der Waals surface area contributed by atoms with Gasteiger partial charge in [-0.1, -0.05) is 49.7 Å². The lowest BCUT2D eigenvalue weighted by atomic mass is 10.0. The van der Waals surface area contributed by atoms with E-state index in [4.69, 9.17) is 16.3 Å². The van der Waals surface area contributed by atoms with Crippen LogP contribution >= 0.6 is 22.9 Å². The lowest BCUT2D eigenvalue weighted by Crippen LogP contribution is -2.12. The van der Waals surface area contributed by atoms with Gasteiger partial charge in [0.05, 0.1) is 12.3 Å². The largest absolute Gasteiger partial charge is 0.494 e. The fourth-order valence-corrected chi connectivity index (χ4v) is 3.50. The van der Waals surface area contributed by atoms with Gasteiger partial charge in [-0.25, -0.2) is 4.98 Å². The monoisotopic (exact) mass is 414 g/mol. The smallest absolute Gasteiger partial charge is 0.226 e. The van der Waals surface area contributed by atoms with E-state index in [1.165, 1.54) is 16.9 Å². The highest BCUT2D eigenvalue weighted by molar-refractivity contribution is 7.14. The minimum atomic E-state index is -0.0595. The molecule has 28 heavy (non-hydrogen) atoms. The maximum Gasteiger partial charge on any atom is 0.226 e. The Hall–Kier alpha value is -2.37. The second-order valence-electron chi connectivity index (χ2n) is 6.77.